The smallest absolute Gasteiger partial charge is 0.157 e. The largest absolute Gasteiger partial charge is 0.392 e. The molecule has 4 heteroatoms. The van der Waals surface area contributed by atoms with E-state index >= 15 is 0 Å². The van der Waals surface area contributed by atoms with Crippen molar-refractivity contribution in [3.05, 3.63) is 12.2 Å². The van der Waals surface area contributed by atoms with Gasteiger partial charge in [-0.1, -0.05) is 25.8 Å². The van der Waals surface area contributed by atoms with E-state index in [0.29, 0.717) is 12.8 Å². The summed E-state index contributed by atoms with van der Waals surface area (Å²) in [4.78, 5) is 11.8. The minimum atomic E-state index is -0.400. The molecular weight excluding hydrogens is 256 g/mol. The molecule has 0 radical (unpaired) electrons. The maximum absolute atomic E-state index is 11.8. The molecule has 0 aromatic rings. The molecule has 0 spiro atoms. The van der Waals surface area contributed by atoms with Gasteiger partial charge in [-0.15, -0.1) is 0 Å². The molecule has 2 fully saturated rings. The highest BCUT2D eigenvalue weighted by Gasteiger charge is 2.48. The molecule has 0 bridgehead atoms. The van der Waals surface area contributed by atoms with Crippen LogP contribution in [0, 0.1) is 11.8 Å². The summed E-state index contributed by atoms with van der Waals surface area (Å²) in [6, 6.07) is 0. The van der Waals surface area contributed by atoms with Crippen molar-refractivity contribution in [2.45, 2.75) is 63.9 Å². The van der Waals surface area contributed by atoms with Crippen LogP contribution in [0.3, 0.4) is 0 Å². The van der Waals surface area contributed by atoms with Crippen molar-refractivity contribution in [1.29, 1.82) is 0 Å². The third kappa shape index (κ3) is 3.68. The summed E-state index contributed by atoms with van der Waals surface area (Å²) in [5, 5.41) is 10.1. The molecule has 0 amide bonds. The standard InChI is InChI=1S/C16H26O4/c1-3-4-5-6-11(17)7-8-12-13-9-16(19-2)20-15(13)10-14(12)18/h7-8,12-16,18H,3-6,9-10H2,1-2H3/t12?,13-,14?,15-,16?/m1/s1. The van der Waals surface area contributed by atoms with E-state index < -0.39 is 6.10 Å². The molecule has 1 heterocycles. The number of hydrogen-bond donors (Lipinski definition) is 1. The normalized spacial score (nSPS) is 36.6. The predicted octanol–water partition coefficient (Wildman–Crippen LogP) is 2.45. The fourth-order valence-corrected chi connectivity index (χ4v) is 3.32. The zero-order valence-corrected chi connectivity index (χ0v) is 12.5. The average Bonchev–Trinajstić information content (AvgIpc) is 2.93. The lowest BCUT2D eigenvalue weighted by atomic mass is 9.91. The van der Waals surface area contributed by atoms with Crippen molar-refractivity contribution in [3.63, 3.8) is 0 Å². The van der Waals surface area contributed by atoms with Crippen molar-refractivity contribution in [2.75, 3.05) is 7.11 Å². The van der Waals surface area contributed by atoms with E-state index in [2.05, 4.69) is 6.92 Å². The van der Waals surface area contributed by atoms with Gasteiger partial charge >= 0.3 is 0 Å². The molecule has 1 aliphatic carbocycles. The number of aliphatic hydroxyl groups excluding tert-OH is 1. The number of carbonyl (C=O) groups is 1. The third-order valence-corrected chi connectivity index (χ3v) is 4.48. The predicted molar refractivity (Wildman–Crippen MR) is 76.2 cm³/mol. The van der Waals surface area contributed by atoms with E-state index in [1.807, 2.05) is 6.08 Å². The monoisotopic (exact) mass is 282 g/mol. The van der Waals surface area contributed by atoms with Crippen molar-refractivity contribution >= 4 is 5.78 Å². The SMILES string of the molecule is CCCCCC(=O)C=CC1C(O)C[C@H]2OC(OC)C[C@H]12. The zero-order chi connectivity index (χ0) is 14.5. The van der Waals surface area contributed by atoms with Gasteiger partial charge in [0.1, 0.15) is 0 Å². The summed E-state index contributed by atoms with van der Waals surface area (Å²) in [5.41, 5.74) is 0. The Kier molecular flexibility index (Phi) is 5.75. The van der Waals surface area contributed by atoms with E-state index in [9.17, 15) is 9.90 Å². The van der Waals surface area contributed by atoms with Crippen LogP contribution in [0.2, 0.25) is 0 Å². The van der Waals surface area contributed by atoms with Gasteiger partial charge < -0.3 is 14.6 Å². The Morgan fingerprint density at radius 2 is 2.20 bits per heavy atom. The number of allylic oxidation sites excluding steroid dienone is 1. The number of unbranched alkanes of at least 4 members (excludes halogenated alkanes) is 2. The summed E-state index contributed by atoms with van der Waals surface area (Å²) in [7, 11) is 1.64. The first-order valence-corrected chi connectivity index (χ1v) is 7.73. The number of methoxy groups -OCH3 is 1. The summed E-state index contributed by atoms with van der Waals surface area (Å²) in [6.07, 6.45) is 8.29. The zero-order valence-electron chi connectivity index (χ0n) is 12.5. The van der Waals surface area contributed by atoms with Crippen LogP contribution in [0.4, 0.5) is 0 Å². The molecule has 5 atom stereocenters. The van der Waals surface area contributed by atoms with Crippen LogP contribution in [0.15, 0.2) is 12.2 Å². The molecule has 0 aromatic heterocycles. The molecule has 2 rings (SSSR count). The second-order valence-electron chi connectivity index (χ2n) is 5.90. The highest BCUT2D eigenvalue weighted by atomic mass is 16.7. The Hall–Kier alpha value is -0.710. The van der Waals surface area contributed by atoms with E-state index in [1.54, 1.807) is 13.2 Å². The second-order valence-corrected chi connectivity index (χ2v) is 5.90. The molecule has 3 unspecified atom stereocenters. The lowest BCUT2D eigenvalue weighted by Crippen LogP contribution is -2.19. The van der Waals surface area contributed by atoms with Crippen molar-refractivity contribution in [2.24, 2.45) is 11.8 Å². The molecule has 1 saturated carbocycles. The Morgan fingerprint density at radius 1 is 1.40 bits per heavy atom. The van der Waals surface area contributed by atoms with Gasteiger partial charge in [-0.25, -0.2) is 0 Å². The molecule has 114 valence electrons. The van der Waals surface area contributed by atoms with Crippen LogP contribution in [0.25, 0.3) is 0 Å². The van der Waals surface area contributed by atoms with Crippen LogP contribution in [-0.2, 0) is 14.3 Å². The van der Waals surface area contributed by atoms with Crippen LogP contribution >= 0.6 is 0 Å². The molecule has 1 saturated heterocycles. The van der Waals surface area contributed by atoms with Gasteiger partial charge in [-0.05, 0) is 18.4 Å². The molecule has 1 aliphatic heterocycles. The second kappa shape index (κ2) is 7.34. The first-order chi connectivity index (χ1) is 9.65. The van der Waals surface area contributed by atoms with E-state index in [4.69, 9.17) is 9.47 Å². The first-order valence-electron chi connectivity index (χ1n) is 7.73. The topological polar surface area (TPSA) is 55.8 Å². The fraction of sp³-hybridized carbons (Fsp3) is 0.812. The molecular formula is C16H26O4. The third-order valence-electron chi connectivity index (χ3n) is 4.48. The average molecular weight is 282 g/mol. The first kappa shape index (κ1) is 15.7. The van der Waals surface area contributed by atoms with Gasteiger partial charge in [0.15, 0.2) is 12.1 Å². The van der Waals surface area contributed by atoms with Gasteiger partial charge in [0.05, 0.1) is 12.2 Å². The fourth-order valence-electron chi connectivity index (χ4n) is 3.32. The summed E-state index contributed by atoms with van der Waals surface area (Å²) >= 11 is 0. The number of aliphatic hydroxyl groups is 1. The lowest BCUT2D eigenvalue weighted by molar-refractivity contribution is -0.118. The maximum Gasteiger partial charge on any atom is 0.157 e. The van der Waals surface area contributed by atoms with Crippen LogP contribution < -0.4 is 0 Å². The Labute approximate surface area is 121 Å². The number of ketones is 1. The lowest BCUT2D eigenvalue weighted by Gasteiger charge is -2.16. The molecule has 20 heavy (non-hydrogen) atoms. The number of rotatable bonds is 7. The van der Waals surface area contributed by atoms with Crippen molar-refractivity contribution in [1.82, 2.24) is 0 Å². The van der Waals surface area contributed by atoms with Crippen molar-refractivity contribution in [3.8, 4) is 0 Å². The van der Waals surface area contributed by atoms with Crippen LogP contribution in [0.5, 0.6) is 0 Å². The summed E-state index contributed by atoms with van der Waals surface area (Å²) in [5.74, 6) is 0.459. The van der Waals surface area contributed by atoms with Crippen LogP contribution in [-0.4, -0.2) is 36.5 Å². The van der Waals surface area contributed by atoms with Crippen molar-refractivity contribution < 1.29 is 19.4 Å². The molecule has 4 nitrogen and oxygen atoms in total. The van der Waals surface area contributed by atoms with Gasteiger partial charge in [-0.2, -0.15) is 0 Å². The number of ether oxygens (including phenoxy) is 2. The van der Waals surface area contributed by atoms with Gasteiger partial charge in [0.2, 0.25) is 0 Å². The molecule has 2 aliphatic rings. The Morgan fingerprint density at radius 3 is 2.90 bits per heavy atom. The van der Waals surface area contributed by atoms with Gasteiger partial charge in [0.25, 0.3) is 0 Å². The Bertz CT molecular complexity index is 352. The maximum atomic E-state index is 11.8. The van der Waals surface area contributed by atoms with Gasteiger partial charge in [-0.3, -0.25) is 4.79 Å². The molecule has 1 N–H and O–H groups in total. The Balaban J connectivity index is 1.86. The number of hydrogen-bond acceptors (Lipinski definition) is 4. The minimum absolute atomic E-state index is 0.0234. The van der Waals surface area contributed by atoms with E-state index in [-0.39, 0.29) is 30.0 Å². The summed E-state index contributed by atoms with van der Waals surface area (Å²) in [6.45, 7) is 2.13. The highest BCUT2D eigenvalue weighted by Crippen LogP contribution is 2.44. The number of fused-ring (bicyclic) bond motifs is 1. The number of carbonyl (C=O) groups excluding carboxylic acids is 1. The van der Waals surface area contributed by atoms with Gasteiger partial charge in [0, 0.05) is 32.3 Å². The van der Waals surface area contributed by atoms with E-state index in [1.165, 1.54) is 0 Å². The highest BCUT2D eigenvalue weighted by molar-refractivity contribution is 5.89. The molecule has 0 aromatic carbocycles. The van der Waals surface area contributed by atoms with E-state index in [0.717, 1.165) is 25.7 Å². The van der Waals surface area contributed by atoms with Crippen LogP contribution in [0.1, 0.15) is 45.4 Å². The summed E-state index contributed by atoms with van der Waals surface area (Å²) < 4.78 is 10.9. The minimum Gasteiger partial charge on any atom is -0.392 e. The quantitative estimate of drug-likeness (QED) is 0.575.